The molecule has 4 rings (SSSR count). The monoisotopic (exact) mass is 433 g/mol. The fourth-order valence-corrected chi connectivity index (χ4v) is 3.48. The average molecular weight is 433 g/mol. The highest BCUT2D eigenvalue weighted by atomic mass is 19.1. The van der Waals surface area contributed by atoms with Gasteiger partial charge in [-0.15, -0.1) is 0 Å². The fourth-order valence-electron chi connectivity index (χ4n) is 3.48. The van der Waals surface area contributed by atoms with Crippen molar-refractivity contribution in [2.75, 3.05) is 5.32 Å². The van der Waals surface area contributed by atoms with Gasteiger partial charge < -0.3 is 14.5 Å². The molecule has 6 nitrogen and oxygen atoms in total. The summed E-state index contributed by atoms with van der Waals surface area (Å²) in [5, 5.41) is 7.33. The summed E-state index contributed by atoms with van der Waals surface area (Å²) in [7, 11) is 0. The zero-order valence-corrected chi connectivity index (χ0v) is 17.9. The molecule has 32 heavy (non-hydrogen) atoms. The van der Waals surface area contributed by atoms with E-state index in [2.05, 4.69) is 10.4 Å². The number of halogens is 1. The van der Waals surface area contributed by atoms with Crippen LogP contribution >= 0.6 is 0 Å². The largest absolute Gasteiger partial charge is 0.467 e. The number of hydrogen-bond acceptors (Lipinski definition) is 4. The van der Waals surface area contributed by atoms with E-state index >= 15 is 0 Å². The first-order valence-corrected chi connectivity index (χ1v) is 10.4. The Morgan fingerprint density at radius 2 is 1.94 bits per heavy atom. The number of nitrogens with one attached hydrogen (secondary N) is 1. The maximum absolute atomic E-state index is 13.3. The number of carbonyl (C=O) groups is 1. The number of furan rings is 1. The number of amides is 1. The molecule has 4 aromatic rings. The van der Waals surface area contributed by atoms with Crippen LogP contribution in [0.1, 0.15) is 47.1 Å². The van der Waals surface area contributed by atoms with Crippen molar-refractivity contribution >= 4 is 11.6 Å². The van der Waals surface area contributed by atoms with Gasteiger partial charge in [0.25, 0.3) is 5.91 Å². The van der Waals surface area contributed by atoms with E-state index in [0.717, 1.165) is 17.0 Å². The van der Waals surface area contributed by atoms with Gasteiger partial charge in [-0.2, -0.15) is 5.10 Å². The quantitative estimate of drug-likeness (QED) is 0.387. The molecule has 2 heterocycles. The summed E-state index contributed by atoms with van der Waals surface area (Å²) in [4.78, 5) is 13.1. The number of benzene rings is 2. The zero-order valence-electron chi connectivity index (χ0n) is 17.9. The maximum Gasteiger partial charge on any atom is 0.259 e. The van der Waals surface area contributed by atoms with Crippen LogP contribution in [0.4, 0.5) is 10.1 Å². The minimum atomic E-state index is -0.321. The third kappa shape index (κ3) is 4.95. The van der Waals surface area contributed by atoms with Gasteiger partial charge in [0.1, 0.15) is 18.2 Å². The lowest BCUT2D eigenvalue weighted by Gasteiger charge is -2.13. The Labute approximate surface area is 185 Å². The normalized spacial score (nSPS) is 11.1. The lowest BCUT2D eigenvalue weighted by Crippen LogP contribution is -2.15. The molecule has 0 radical (unpaired) electrons. The van der Waals surface area contributed by atoms with Gasteiger partial charge in [0.05, 0.1) is 36.0 Å². The first kappa shape index (κ1) is 21.5. The van der Waals surface area contributed by atoms with Crippen LogP contribution in [0, 0.1) is 5.82 Å². The number of nitrogens with zero attached hydrogens (tertiary/aromatic N) is 2. The summed E-state index contributed by atoms with van der Waals surface area (Å²) in [6.07, 6.45) is 3.16. The van der Waals surface area contributed by atoms with Crippen LogP contribution in [0.5, 0.6) is 0 Å². The molecular formula is C25H24FN3O3. The Kier molecular flexibility index (Phi) is 6.47. The molecule has 0 aliphatic heterocycles. The van der Waals surface area contributed by atoms with Gasteiger partial charge >= 0.3 is 0 Å². The summed E-state index contributed by atoms with van der Waals surface area (Å²) in [5.41, 5.74) is 3.53. The number of carbonyl (C=O) groups excluding carboxylic acids is 1. The second-order valence-corrected chi connectivity index (χ2v) is 7.71. The molecule has 0 aliphatic carbocycles. The van der Waals surface area contributed by atoms with Crippen molar-refractivity contribution in [1.29, 1.82) is 0 Å². The summed E-state index contributed by atoms with van der Waals surface area (Å²) >= 11 is 0. The smallest absolute Gasteiger partial charge is 0.259 e. The second-order valence-electron chi connectivity index (χ2n) is 7.71. The van der Waals surface area contributed by atoms with E-state index in [9.17, 15) is 9.18 Å². The van der Waals surface area contributed by atoms with E-state index in [1.807, 2.05) is 50.2 Å². The Balaban J connectivity index is 1.48. The number of ether oxygens (including phenoxy) is 1. The van der Waals surface area contributed by atoms with Gasteiger partial charge in [-0.3, -0.25) is 4.79 Å². The SMILES string of the molecule is CC(C)c1c(C(=O)Nc2cccc(COCc3ccco3)c2)cnn1-c1ccc(F)cc1. The predicted octanol–water partition coefficient (Wildman–Crippen LogP) is 5.70. The molecule has 0 bridgehead atoms. The molecule has 0 aliphatic rings. The van der Waals surface area contributed by atoms with Crippen LogP contribution in [0.15, 0.2) is 77.5 Å². The lowest BCUT2D eigenvalue weighted by atomic mass is 10.0. The molecule has 7 heteroatoms. The van der Waals surface area contributed by atoms with Gasteiger partial charge in [-0.05, 0) is 60.0 Å². The van der Waals surface area contributed by atoms with Crippen LogP contribution in [0.25, 0.3) is 5.69 Å². The van der Waals surface area contributed by atoms with Crippen molar-refractivity contribution < 1.29 is 18.3 Å². The molecule has 0 fully saturated rings. The van der Waals surface area contributed by atoms with E-state index < -0.39 is 0 Å². The van der Waals surface area contributed by atoms with E-state index in [0.29, 0.717) is 30.2 Å². The fraction of sp³-hybridized carbons (Fsp3) is 0.200. The van der Waals surface area contributed by atoms with Crippen molar-refractivity contribution in [2.45, 2.75) is 33.0 Å². The van der Waals surface area contributed by atoms with Gasteiger partial charge in [-0.1, -0.05) is 26.0 Å². The zero-order chi connectivity index (χ0) is 22.5. The predicted molar refractivity (Wildman–Crippen MR) is 119 cm³/mol. The molecule has 0 saturated carbocycles. The van der Waals surface area contributed by atoms with Gasteiger partial charge in [0.2, 0.25) is 0 Å². The summed E-state index contributed by atoms with van der Waals surface area (Å²) in [5.74, 6) is 0.215. The van der Waals surface area contributed by atoms with Crippen LogP contribution in [-0.2, 0) is 18.0 Å². The van der Waals surface area contributed by atoms with Crippen molar-refractivity contribution in [3.63, 3.8) is 0 Å². The number of anilines is 1. The van der Waals surface area contributed by atoms with Crippen LogP contribution in [0.2, 0.25) is 0 Å². The number of rotatable bonds is 8. The van der Waals surface area contributed by atoms with Gasteiger partial charge in [-0.25, -0.2) is 9.07 Å². The van der Waals surface area contributed by atoms with E-state index in [-0.39, 0.29) is 17.6 Å². The molecule has 0 atom stereocenters. The first-order chi connectivity index (χ1) is 15.5. The highest BCUT2D eigenvalue weighted by Gasteiger charge is 2.21. The Hall–Kier alpha value is -3.71. The molecule has 1 amide bonds. The summed E-state index contributed by atoms with van der Waals surface area (Å²) in [6, 6.07) is 17.2. The Morgan fingerprint density at radius 3 is 2.66 bits per heavy atom. The molecule has 2 aromatic heterocycles. The maximum atomic E-state index is 13.3. The Bertz CT molecular complexity index is 1180. The van der Waals surface area contributed by atoms with Crippen LogP contribution in [0.3, 0.4) is 0 Å². The third-order valence-corrected chi connectivity index (χ3v) is 4.95. The van der Waals surface area contributed by atoms with Crippen molar-refractivity contribution in [3.05, 3.63) is 102 Å². The molecule has 164 valence electrons. The molecule has 0 spiro atoms. The highest BCUT2D eigenvalue weighted by molar-refractivity contribution is 6.05. The topological polar surface area (TPSA) is 69.3 Å². The average Bonchev–Trinajstić information content (AvgIpc) is 3.45. The van der Waals surface area contributed by atoms with Gasteiger partial charge in [0, 0.05) is 5.69 Å². The molecule has 1 N–H and O–H groups in total. The highest BCUT2D eigenvalue weighted by Crippen LogP contribution is 2.24. The van der Waals surface area contributed by atoms with E-state index in [1.165, 1.54) is 12.1 Å². The second kappa shape index (κ2) is 9.62. The molecule has 2 aromatic carbocycles. The number of hydrogen-bond donors (Lipinski definition) is 1. The molecule has 0 saturated heterocycles. The number of aromatic nitrogens is 2. The van der Waals surface area contributed by atoms with Gasteiger partial charge in [0.15, 0.2) is 0 Å². The lowest BCUT2D eigenvalue weighted by molar-refractivity contribution is 0.0929. The minimum absolute atomic E-state index is 0.0321. The molecule has 0 unspecified atom stereocenters. The van der Waals surface area contributed by atoms with Crippen molar-refractivity contribution in [3.8, 4) is 5.69 Å². The molecular weight excluding hydrogens is 409 g/mol. The Morgan fingerprint density at radius 1 is 1.12 bits per heavy atom. The summed E-state index contributed by atoms with van der Waals surface area (Å²) in [6.45, 7) is 4.75. The van der Waals surface area contributed by atoms with Crippen molar-refractivity contribution in [2.24, 2.45) is 0 Å². The first-order valence-electron chi connectivity index (χ1n) is 10.4. The van der Waals surface area contributed by atoms with Crippen LogP contribution in [-0.4, -0.2) is 15.7 Å². The summed E-state index contributed by atoms with van der Waals surface area (Å²) < 4.78 is 25.9. The minimum Gasteiger partial charge on any atom is -0.467 e. The van der Waals surface area contributed by atoms with Crippen molar-refractivity contribution in [1.82, 2.24) is 9.78 Å². The van der Waals surface area contributed by atoms with E-state index in [4.69, 9.17) is 9.15 Å². The standard InChI is InChI=1S/C25H24FN3O3/c1-17(2)24-23(14-27-29(24)21-10-8-19(26)9-11-21)25(30)28-20-6-3-5-18(13-20)15-31-16-22-7-4-12-32-22/h3-14,17H,15-16H2,1-2H3,(H,28,30). The van der Waals surface area contributed by atoms with Crippen LogP contribution < -0.4 is 5.32 Å². The van der Waals surface area contributed by atoms with E-state index in [1.54, 1.807) is 29.3 Å². The third-order valence-electron chi connectivity index (χ3n) is 4.95.